The number of nitrogens with one attached hydrogen (secondary N) is 2. The lowest BCUT2D eigenvalue weighted by Gasteiger charge is -2.22. The van der Waals surface area contributed by atoms with Gasteiger partial charge in [0, 0.05) is 15.9 Å². The maximum absolute atomic E-state index is 13.1. The first kappa shape index (κ1) is 19.9. The summed E-state index contributed by atoms with van der Waals surface area (Å²) < 4.78 is 44.8. The third-order valence-electron chi connectivity index (χ3n) is 4.59. The highest BCUT2D eigenvalue weighted by atomic mass is 79.9. The van der Waals surface area contributed by atoms with E-state index in [2.05, 4.69) is 35.6 Å². The Morgan fingerprint density at radius 2 is 2.06 bits per heavy atom. The fourth-order valence-corrected chi connectivity index (χ4v) is 4.34. The van der Waals surface area contributed by atoms with Gasteiger partial charge in [0.2, 0.25) is 5.95 Å². The molecule has 5 rings (SSSR count). The molecule has 1 aliphatic heterocycles. The molecule has 0 fully saturated rings. The number of aromatic amines is 1. The molecule has 3 heterocycles. The Balaban J connectivity index is 1.43. The van der Waals surface area contributed by atoms with Crippen molar-refractivity contribution in [2.45, 2.75) is 6.18 Å². The number of anilines is 2. The van der Waals surface area contributed by atoms with Gasteiger partial charge in [-0.25, -0.2) is 10.0 Å². The second-order valence-corrected chi connectivity index (χ2v) is 8.42. The number of halogens is 4. The van der Waals surface area contributed by atoms with E-state index in [1.807, 2.05) is 24.4 Å². The molecule has 158 valence electrons. The normalized spacial score (nSPS) is 13.5. The number of benzene rings is 2. The van der Waals surface area contributed by atoms with Crippen molar-refractivity contribution >= 4 is 62.4 Å². The average molecular weight is 508 g/mol. The van der Waals surface area contributed by atoms with Crippen LogP contribution in [0.5, 0.6) is 5.75 Å². The molecule has 0 spiro atoms. The maximum Gasteiger partial charge on any atom is 0.416 e. The Hall–Kier alpha value is -3.05. The van der Waals surface area contributed by atoms with Crippen LogP contribution in [0.2, 0.25) is 0 Å². The number of hydrogen-bond acceptors (Lipinski definition) is 6. The lowest BCUT2D eigenvalue weighted by atomic mass is 10.2. The van der Waals surface area contributed by atoms with Gasteiger partial charge < -0.3 is 15.1 Å². The molecule has 4 aromatic rings. The van der Waals surface area contributed by atoms with Crippen molar-refractivity contribution in [2.75, 3.05) is 11.9 Å². The van der Waals surface area contributed by atoms with Gasteiger partial charge in [-0.3, -0.25) is 0 Å². The van der Waals surface area contributed by atoms with Gasteiger partial charge in [0.1, 0.15) is 5.52 Å². The fourth-order valence-electron chi connectivity index (χ4n) is 3.15. The summed E-state index contributed by atoms with van der Waals surface area (Å²) in [6.45, 7) is 0.557. The van der Waals surface area contributed by atoms with Gasteiger partial charge in [0.25, 0.3) is 0 Å². The van der Waals surface area contributed by atoms with E-state index in [-0.39, 0.29) is 9.99 Å². The quantitative estimate of drug-likeness (QED) is 0.429. The van der Waals surface area contributed by atoms with Crippen molar-refractivity contribution < 1.29 is 18.0 Å². The first-order valence-corrected chi connectivity index (χ1v) is 10.6. The van der Waals surface area contributed by atoms with Crippen LogP contribution in [0.1, 0.15) is 5.56 Å². The SMILES string of the molecule is FC(F)(F)c1cc(Br)c2nc(Nc3ccccc3ON3C=c4cnsc4=CC3)[nH]c2c1. The minimum absolute atomic E-state index is 0.254. The summed E-state index contributed by atoms with van der Waals surface area (Å²) in [6, 6.07) is 9.28. The van der Waals surface area contributed by atoms with Gasteiger partial charge in [-0.05, 0) is 57.8 Å². The molecule has 0 unspecified atom stereocenters. The molecule has 0 saturated carbocycles. The second kappa shape index (κ2) is 7.57. The van der Waals surface area contributed by atoms with E-state index in [1.54, 1.807) is 23.4 Å². The molecule has 0 radical (unpaired) electrons. The zero-order valence-electron chi connectivity index (χ0n) is 15.6. The number of aromatic nitrogens is 3. The molecule has 0 atom stereocenters. The average Bonchev–Trinajstić information content (AvgIpc) is 3.35. The van der Waals surface area contributed by atoms with Crippen LogP contribution in [0, 0.1) is 0 Å². The number of hydrogen-bond donors (Lipinski definition) is 2. The zero-order chi connectivity index (χ0) is 21.6. The molecule has 6 nitrogen and oxygen atoms in total. The van der Waals surface area contributed by atoms with Gasteiger partial charge >= 0.3 is 6.18 Å². The van der Waals surface area contributed by atoms with Crippen molar-refractivity contribution in [3.63, 3.8) is 0 Å². The Morgan fingerprint density at radius 1 is 1.23 bits per heavy atom. The molecule has 31 heavy (non-hydrogen) atoms. The van der Waals surface area contributed by atoms with Crippen LogP contribution in [0.3, 0.4) is 0 Å². The lowest BCUT2D eigenvalue weighted by Crippen LogP contribution is -2.34. The van der Waals surface area contributed by atoms with Gasteiger partial charge in [-0.15, -0.1) is 0 Å². The van der Waals surface area contributed by atoms with Crippen LogP contribution in [0.15, 0.2) is 47.1 Å². The van der Waals surface area contributed by atoms with Crippen molar-refractivity contribution in [2.24, 2.45) is 0 Å². The first-order valence-electron chi connectivity index (χ1n) is 9.07. The van der Waals surface area contributed by atoms with Crippen molar-refractivity contribution in [3.8, 4) is 5.75 Å². The van der Waals surface area contributed by atoms with Gasteiger partial charge in [0.15, 0.2) is 5.75 Å². The van der Waals surface area contributed by atoms with Gasteiger partial charge in [-0.2, -0.15) is 17.5 Å². The fraction of sp³-hybridized carbons (Fsp3) is 0.100. The first-order chi connectivity index (χ1) is 14.9. The van der Waals surface area contributed by atoms with Crippen molar-refractivity contribution in [3.05, 3.63) is 62.4 Å². The summed E-state index contributed by atoms with van der Waals surface area (Å²) in [5.74, 6) is 0.832. The van der Waals surface area contributed by atoms with Crippen LogP contribution in [0.25, 0.3) is 23.3 Å². The van der Waals surface area contributed by atoms with Crippen LogP contribution in [-0.4, -0.2) is 25.9 Å². The van der Waals surface area contributed by atoms with Crippen LogP contribution >= 0.6 is 27.5 Å². The molecular formula is C20H13BrF3N5OS. The third kappa shape index (κ3) is 3.98. The molecule has 2 aromatic heterocycles. The summed E-state index contributed by atoms with van der Waals surface area (Å²) in [6.07, 6.45) is 1.22. The molecular weight excluding hydrogens is 495 g/mol. The number of para-hydroxylation sites is 2. The minimum Gasteiger partial charge on any atom is -0.378 e. The number of alkyl halides is 3. The predicted octanol–water partition coefficient (Wildman–Crippen LogP) is 4.37. The molecule has 2 aromatic carbocycles. The van der Waals surface area contributed by atoms with E-state index in [4.69, 9.17) is 4.84 Å². The molecule has 1 aliphatic rings. The highest BCUT2D eigenvalue weighted by molar-refractivity contribution is 9.10. The lowest BCUT2D eigenvalue weighted by molar-refractivity contribution is -0.137. The van der Waals surface area contributed by atoms with E-state index >= 15 is 0 Å². The highest BCUT2D eigenvalue weighted by Gasteiger charge is 2.31. The Labute approximate surface area is 185 Å². The highest BCUT2D eigenvalue weighted by Crippen LogP contribution is 2.36. The molecule has 11 heteroatoms. The van der Waals surface area contributed by atoms with Crippen LogP contribution in [-0.2, 0) is 6.18 Å². The summed E-state index contributed by atoms with van der Waals surface area (Å²) in [7, 11) is 0. The predicted molar refractivity (Wildman–Crippen MR) is 116 cm³/mol. The van der Waals surface area contributed by atoms with E-state index in [1.165, 1.54) is 11.5 Å². The summed E-state index contributed by atoms with van der Waals surface area (Å²) >= 11 is 4.60. The number of H-pyrrole nitrogens is 1. The van der Waals surface area contributed by atoms with Crippen LogP contribution in [0.4, 0.5) is 24.8 Å². The monoisotopic (exact) mass is 507 g/mol. The topological polar surface area (TPSA) is 66.1 Å². The van der Waals surface area contributed by atoms with Crippen molar-refractivity contribution in [1.82, 2.24) is 19.4 Å². The van der Waals surface area contributed by atoms with Gasteiger partial charge in [-0.1, -0.05) is 12.1 Å². The molecule has 0 bridgehead atoms. The Morgan fingerprint density at radius 3 is 2.90 bits per heavy atom. The minimum atomic E-state index is -4.45. The maximum atomic E-state index is 13.1. The van der Waals surface area contributed by atoms with E-state index < -0.39 is 11.7 Å². The van der Waals surface area contributed by atoms with E-state index in [0.29, 0.717) is 29.4 Å². The molecule has 0 saturated heterocycles. The summed E-state index contributed by atoms with van der Waals surface area (Å²) in [4.78, 5) is 13.3. The number of nitrogens with zero attached hydrogens (tertiary/aromatic N) is 3. The van der Waals surface area contributed by atoms with Crippen molar-refractivity contribution in [1.29, 1.82) is 0 Å². The zero-order valence-corrected chi connectivity index (χ0v) is 18.0. The number of imidazole rings is 1. The molecule has 2 N–H and O–H groups in total. The van der Waals surface area contributed by atoms with E-state index in [9.17, 15) is 13.2 Å². The largest absolute Gasteiger partial charge is 0.416 e. The Kier molecular flexibility index (Phi) is 4.86. The second-order valence-electron chi connectivity index (χ2n) is 6.73. The van der Waals surface area contributed by atoms with Gasteiger partial charge in [0.05, 0.1) is 34.0 Å². The van der Waals surface area contributed by atoms with E-state index in [0.717, 1.165) is 21.9 Å². The molecule has 0 amide bonds. The summed E-state index contributed by atoms with van der Waals surface area (Å²) in [5, 5.41) is 5.76. The summed E-state index contributed by atoms with van der Waals surface area (Å²) in [5.41, 5.74) is 0.505. The Bertz CT molecular complexity index is 1400. The standard InChI is InChI=1S/C20H13BrF3N5OS/c21-13-7-12(20(22,23)24)8-15-18(13)28-19(27-15)26-14-3-1-2-4-16(14)30-29-6-5-17-11(10-29)9-25-31-17/h1-5,7-10H,6H2,(H2,26,27,28). The number of hydroxylamine groups is 2. The number of rotatable bonds is 4. The number of fused-ring (bicyclic) bond motifs is 2. The smallest absolute Gasteiger partial charge is 0.378 e. The molecule has 0 aliphatic carbocycles. The third-order valence-corrected chi connectivity index (χ3v) is 6.00. The van der Waals surface area contributed by atoms with Crippen LogP contribution < -0.4 is 19.9 Å².